The molecule has 3 N–H and O–H groups in total. The van der Waals surface area contributed by atoms with E-state index in [9.17, 15) is 4.79 Å². The summed E-state index contributed by atoms with van der Waals surface area (Å²) in [5, 5.41) is 8.68. The van der Waals surface area contributed by atoms with E-state index in [1.807, 2.05) is 42.5 Å². The first-order valence-electron chi connectivity index (χ1n) is 7.86. The second kappa shape index (κ2) is 8.05. The number of carbonyl (C=O) groups excluding carboxylic acids is 1. The molecule has 1 aromatic heterocycles. The molecule has 126 valence electrons. The van der Waals surface area contributed by atoms with Crippen LogP contribution in [0.25, 0.3) is 0 Å². The summed E-state index contributed by atoms with van der Waals surface area (Å²) in [7, 11) is 0. The van der Waals surface area contributed by atoms with E-state index in [1.54, 1.807) is 6.20 Å². The Morgan fingerprint density at radius 1 is 1.08 bits per heavy atom. The number of benzene rings is 1. The molecule has 2 heterocycles. The number of urea groups is 1. The highest BCUT2D eigenvalue weighted by Gasteiger charge is 2.20. The normalized spacial score (nSPS) is 15.4. The van der Waals surface area contributed by atoms with Crippen molar-refractivity contribution in [2.45, 2.75) is 6.10 Å². The van der Waals surface area contributed by atoms with Gasteiger partial charge >= 0.3 is 6.03 Å². The van der Waals surface area contributed by atoms with E-state index < -0.39 is 0 Å². The Kier molecular flexibility index (Phi) is 5.34. The largest absolute Gasteiger partial charge is 0.486 e. The first kappa shape index (κ1) is 15.9. The van der Waals surface area contributed by atoms with Crippen LogP contribution in [0.3, 0.4) is 0 Å². The van der Waals surface area contributed by atoms with Gasteiger partial charge in [0.1, 0.15) is 12.4 Å². The van der Waals surface area contributed by atoms with Gasteiger partial charge in [-0.3, -0.25) is 0 Å². The molecule has 0 bridgehead atoms. The van der Waals surface area contributed by atoms with Gasteiger partial charge in [-0.2, -0.15) is 0 Å². The Bertz CT molecular complexity index is 666. The van der Waals surface area contributed by atoms with Crippen molar-refractivity contribution in [3.63, 3.8) is 0 Å². The number of carbonyl (C=O) groups is 1. The number of ether oxygens (including phenoxy) is 2. The van der Waals surface area contributed by atoms with Crippen molar-refractivity contribution in [1.82, 2.24) is 15.6 Å². The van der Waals surface area contributed by atoms with E-state index in [4.69, 9.17) is 9.47 Å². The smallest absolute Gasteiger partial charge is 0.314 e. The number of para-hydroxylation sites is 2. The van der Waals surface area contributed by atoms with Crippen LogP contribution in [-0.2, 0) is 0 Å². The van der Waals surface area contributed by atoms with Crippen LogP contribution in [0.2, 0.25) is 0 Å². The van der Waals surface area contributed by atoms with Crippen molar-refractivity contribution in [2.24, 2.45) is 0 Å². The molecule has 24 heavy (non-hydrogen) atoms. The highest BCUT2D eigenvalue weighted by molar-refractivity contribution is 5.73. The van der Waals surface area contributed by atoms with E-state index in [2.05, 4.69) is 20.9 Å². The zero-order valence-electron chi connectivity index (χ0n) is 13.2. The molecule has 2 aromatic rings. The molecule has 1 aromatic carbocycles. The lowest BCUT2D eigenvalue weighted by molar-refractivity contribution is 0.0918. The second-order valence-corrected chi connectivity index (χ2v) is 5.28. The minimum Gasteiger partial charge on any atom is -0.486 e. The van der Waals surface area contributed by atoms with Gasteiger partial charge in [-0.15, -0.1) is 0 Å². The molecule has 7 heteroatoms. The maximum atomic E-state index is 11.8. The van der Waals surface area contributed by atoms with Crippen LogP contribution in [0.1, 0.15) is 0 Å². The van der Waals surface area contributed by atoms with Crippen LogP contribution in [0.15, 0.2) is 48.7 Å². The molecule has 3 rings (SSSR count). The highest BCUT2D eigenvalue weighted by Crippen LogP contribution is 2.30. The van der Waals surface area contributed by atoms with Crippen molar-refractivity contribution >= 4 is 11.8 Å². The number of amides is 2. The number of nitrogens with one attached hydrogen (secondary N) is 3. The van der Waals surface area contributed by atoms with Crippen LogP contribution in [0.4, 0.5) is 10.6 Å². The lowest BCUT2D eigenvalue weighted by atomic mass is 10.2. The maximum Gasteiger partial charge on any atom is 0.314 e. The van der Waals surface area contributed by atoms with E-state index in [-0.39, 0.29) is 12.1 Å². The molecule has 0 fully saturated rings. The summed E-state index contributed by atoms with van der Waals surface area (Å²) < 4.78 is 11.4. The van der Waals surface area contributed by atoms with Gasteiger partial charge in [0, 0.05) is 19.3 Å². The van der Waals surface area contributed by atoms with Crippen molar-refractivity contribution in [1.29, 1.82) is 0 Å². The van der Waals surface area contributed by atoms with E-state index in [1.165, 1.54) is 0 Å². The van der Waals surface area contributed by atoms with Crippen LogP contribution in [0.5, 0.6) is 11.5 Å². The van der Waals surface area contributed by atoms with Crippen LogP contribution in [-0.4, -0.2) is 43.4 Å². The first-order valence-corrected chi connectivity index (χ1v) is 7.86. The molecule has 1 aliphatic rings. The zero-order valence-corrected chi connectivity index (χ0v) is 13.2. The van der Waals surface area contributed by atoms with Gasteiger partial charge in [0.2, 0.25) is 0 Å². The predicted octanol–water partition coefficient (Wildman–Crippen LogP) is 1.63. The molecule has 0 saturated carbocycles. The second-order valence-electron chi connectivity index (χ2n) is 5.28. The molecule has 1 aliphatic heterocycles. The van der Waals surface area contributed by atoms with Gasteiger partial charge in [0.25, 0.3) is 0 Å². The fourth-order valence-electron chi connectivity index (χ4n) is 2.27. The molecule has 1 atom stereocenters. The minimum atomic E-state index is -0.236. The molecule has 7 nitrogen and oxygen atoms in total. The molecule has 0 unspecified atom stereocenters. The number of aromatic nitrogens is 1. The van der Waals surface area contributed by atoms with Crippen molar-refractivity contribution in [3.05, 3.63) is 48.7 Å². The van der Waals surface area contributed by atoms with E-state index in [0.717, 1.165) is 11.6 Å². The number of hydrogen-bond acceptors (Lipinski definition) is 5. The summed E-state index contributed by atoms with van der Waals surface area (Å²) in [6, 6.07) is 12.9. The van der Waals surface area contributed by atoms with Gasteiger partial charge < -0.3 is 25.4 Å². The molecule has 0 saturated heterocycles. The Labute approximate surface area is 140 Å². The number of nitrogens with zero attached hydrogens (tertiary/aromatic N) is 1. The van der Waals surface area contributed by atoms with Gasteiger partial charge in [-0.05, 0) is 24.3 Å². The van der Waals surface area contributed by atoms with Crippen molar-refractivity contribution in [2.75, 3.05) is 31.6 Å². The van der Waals surface area contributed by atoms with Gasteiger partial charge in [-0.1, -0.05) is 18.2 Å². The number of pyridine rings is 1. The van der Waals surface area contributed by atoms with E-state index >= 15 is 0 Å². The van der Waals surface area contributed by atoms with E-state index in [0.29, 0.717) is 32.0 Å². The third kappa shape index (κ3) is 4.52. The SMILES string of the molecule is O=C(NCCNc1ccccn1)NC[C@@H]1COc2ccccc2O1. The average Bonchev–Trinajstić information content (AvgIpc) is 2.64. The summed E-state index contributed by atoms with van der Waals surface area (Å²) in [5.41, 5.74) is 0. The number of hydrogen-bond donors (Lipinski definition) is 3. The van der Waals surface area contributed by atoms with Crippen molar-refractivity contribution in [3.8, 4) is 11.5 Å². The summed E-state index contributed by atoms with van der Waals surface area (Å²) in [6.07, 6.45) is 1.52. The summed E-state index contributed by atoms with van der Waals surface area (Å²) in [4.78, 5) is 15.9. The average molecular weight is 328 g/mol. The van der Waals surface area contributed by atoms with Crippen LogP contribution in [0, 0.1) is 0 Å². The Morgan fingerprint density at radius 2 is 1.92 bits per heavy atom. The van der Waals surface area contributed by atoms with Crippen LogP contribution < -0.4 is 25.4 Å². The van der Waals surface area contributed by atoms with Gasteiger partial charge in [0.15, 0.2) is 17.6 Å². The standard InChI is InChI=1S/C17H20N4O3/c22-17(20-10-9-19-16-7-3-4-8-18-16)21-11-13-12-23-14-5-1-2-6-15(14)24-13/h1-8,13H,9-12H2,(H,18,19)(H2,20,21,22)/t13-/m1/s1. The Morgan fingerprint density at radius 3 is 2.75 bits per heavy atom. The Balaban J connectivity index is 1.32. The lowest BCUT2D eigenvalue weighted by Gasteiger charge is -2.26. The molecule has 0 aliphatic carbocycles. The summed E-state index contributed by atoms with van der Waals surface area (Å²) in [5.74, 6) is 2.22. The molecular weight excluding hydrogens is 308 g/mol. The quantitative estimate of drug-likeness (QED) is 0.702. The number of fused-ring (bicyclic) bond motifs is 1. The van der Waals surface area contributed by atoms with Gasteiger partial charge in [0.05, 0.1) is 6.54 Å². The third-order valence-electron chi connectivity index (χ3n) is 3.44. The number of anilines is 1. The highest BCUT2D eigenvalue weighted by atomic mass is 16.6. The minimum absolute atomic E-state index is 0.197. The summed E-state index contributed by atoms with van der Waals surface area (Å²) >= 11 is 0. The monoisotopic (exact) mass is 328 g/mol. The topological polar surface area (TPSA) is 84.5 Å². The third-order valence-corrected chi connectivity index (χ3v) is 3.44. The fraction of sp³-hybridized carbons (Fsp3) is 0.294. The molecular formula is C17H20N4O3. The predicted molar refractivity (Wildman–Crippen MR) is 90.5 cm³/mol. The van der Waals surface area contributed by atoms with Crippen LogP contribution >= 0.6 is 0 Å². The summed E-state index contributed by atoms with van der Waals surface area (Å²) in [6.45, 7) is 1.89. The zero-order chi connectivity index (χ0) is 16.6. The number of rotatable bonds is 6. The molecule has 2 amide bonds. The lowest BCUT2D eigenvalue weighted by Crippen LogP contribution is -2.45. The molecule has 0 radical (unpaired) electrons. The fourth-order valence-corrected chi connectivity index (χ4v) is 2.27. The van der Waals surface area contributed by atoms with Crippen molar-refractivity contribution < 1.29 is 14.3 Å². The van der Waals surface area contributed by atoms with Gasteiger partial charge in [-0.25, -0.2) is 9.78 Å². The molecule has 0 spiro atoms. The maximum absolute atomic E-state index is 11.8. The first-order chi connectivity index (χ1) is 11.8. The Hall–Kier alpha value is -2.96.